The Bertz CT molecular complexity index is 312. The maximum atomic E-state index is 11.5. The Labute approximate surface area is 94.0 Å². The van der Waals surface area contributed by atoms with Gasteiger partial charge in [0.25, 0.3) is 0 Å². The number of hydrogen-bond acceptors (Lipinski definition) is 4. The lowest BCUT2D eigenvalue weighted by atomic mass is 10.4. The third-order valence-corrected chi connectivity index (χ3v) is 2.62. The molecule has 0 unspecified atom stereocenters. The van der Waals surface area contributed by atoms with E-state index in [2.05, 4.69) is 11.4 Å². The molecule has 0 aliphatic heterocycles. The van der Waals surface area contributed by atoms with Crippen molar-refractivity contribution in [1.82, 2.24) is 9.78 Å². The highest BCUT2D eigenvalue weighted by molar-refractivity contribution is 7.98. The number of rotatable bonds is 6. The lowest BCUT2D eigenvalue weighted by molar-refractivity contribution is 0.0511. The largest absolute Gasteiger partial charge is 0.461 e. The van der Waals surface area contributed by atoms with Gasteiger partial charge in [0.1, 0.15) is 5.69 Å². The Hall–Kier alpha value is -0.970. The smallest absolute Gasteiger partial charge is 0.356 e. The van der Waals surface area contributed by atoms with Crippen molar-refractivity contribution >= 4 is 17.7 Å². The van der Waals surface area contributed by atoms with E-state index in [-0.39, 0.29) is 5.97 Å². The van der Waals surface area contributed by atoms with E-state index in [1.54, 1.807) is 35.6 Å². The third kappa shape index (κ3) is 3.58. The number of ether oxygens (including phenoxy) is 1. The highest BCUT2D eigenvalue weighted by Gasteiger charge is 2.11. The highest BCUT2D eigenvalue weighted by atomic mass is 32.2. The van der Waals surface area contributed by atoms with E-state index in [1.165, 1.54) is 0 Å². The van der Waals surface area contributed by atoms with Gasteiger partial charge in [-0.2, -0.15) is 16.9 Å². The van der Waals surface area contributed by atoms with Gasteiger partial charge in [-0.1, -0.05) is 0 Å². The van der Waals surface area contributed by atoms with Crippen LogP contribution in [0.1, 0.15) is 23.8 Å². The molecular weight excluding hydrogens is 212 g/mol. The van der Waals surface area contributed by atoms with Gasteiger partial charge in [-0.25, -0.2) is 4.79 Å². The van der Waals surface area contributed by atoms with Gasteiger partial charge in [-0.05, 0) is 31.4 Å². The molecule has 0 spiro atoms. The first kappa shape index (κ1) is 12.1. The Kier molecular flexibility index (Phi) is 5.25. The van der Waals surface area contributed by atoms with Crippen molar-refractivity contribution in [3.05, 3.63) is 18.0 Å². The summed E-state index contributed by atoms with van der Waals surface area (Å²) < 4.78 is 6.63. The fourth-order valence-corrected chi connectivity index (χ4v) is 1.67. The van der Waals surface area contributed by atoms with E-state index in [0.717, 1.165) is 18.7 Å². The number of hydrogen-bond donors (Lipinski definition) is 0. The summed E-state index contributed by atoms with van der Waals surface area (Å²) in [6, 6.07) is 1.69. The molecule has 0 radical (unpaired) electrons. The zero-order chi connectivity index (χ0) is 11.1. The molecular formula is C10H16N2O2S. The number of thioether (sulfide) groups is 1. The fraction of sp³-hybridized carbons (Fsp3) is 0.600. The van der Waals surface area contributed by atoms with Gasteiger partial charge in [-0.3, -0.25) is 4.68 Å². The average Bonchev–Trinajstić information content (AvgIpc) is 2.67. The predicted molar refractivity (Wildman–Crippen MR) is 61.2 cm³/mol. The molecule has 0 aromatic carbocycles. The molecule has 5 heteroatoms. The minimum atomic E-state index is -0.292. The standard InChI is InChI=1S/C10H16N2O2S/c1-3-14-10(13)9-5-6-11-12(9)7-4-8-15-2/h5-6H,3-4,7-8H2,1-2H3. The van der Waals surface area contributed by atoms with Crippen molar-refractivity contribution in [3.63, 3.8) is 0 Å². The first-order valence-corrected chi connectivity index (χ1v) is 6.36. The molecule has 1 aromatic heterocycles. The second-order valence-electron chi connectivity index (χ2n) is 3.01. The van der Waals surface area contributed by atoms with E-state index in [9.17, 15) is 4.79 Å². The van der Waals surface area contributed by atoms with Crippen LogP contribution in [0, 0.1) is 0 Å². The zero-order valence-corrected chi connectivity index (χ0v) is 9.92. The molecule has 0 saturated carbocycles. The molecule has 1 aromatic rings. The van der Waals surface area contributed by atoms with Gasteiger partial charge in [0, 0.05) is 12.7 Å². The summed E-state index contributed by atoms with van der Waals surface area (Å²) in [6.07, 6.45) is 4.70. The van der Waals surface area contributed by atoms with E-state index in [1.807, 2.05) is 0 Å². The predicted octanol–water partition coefficient (Wildman–Crippen LogP) is 1.81. The highest BCUT2D eigenvalue weighted by Crippen LogP contribution is 2.04. The van der Waals surface area contributed by atoms with Crippen molar-refractivity contribution in [2.45, 2.75) is 19.9 Å². The SMILES string of the molecule is CCOC(=O)c1ccnn1CCCSC. The maximum absolute atomic E-state index is 11.5. The zero-order valence-electron chi connectivity index (χ0n) is 9.10. The van der Waals surface area contributed by atoms with Gasteiger partial charge in [-0.15, -0.1) is 0 Å². The van der Waals surface area contributed by atoms with Crippen LogP contribution in [0.25, 0.3) is 0 Å². The van der Waals surface area contributed by atoms with Gasteiger partial charge < -0.3 is 4.74 Å². The summed E-state index contributed by atoms with van der Waals surface area (Å²) in [4.78, 5) is 11.5. The molecule has 0 saturated heterocycles. The topological polar surface area (TPSA) is 44.1 Å². The van der Waals surface area contributed by atoms with Crippen LogP contribution in [0.3, 0.4) is 0 Å². The molecule has 1 heterocycles. The summed E-state index contributed by atoms with van der Waals surface area (Å²) in [5.74, 6) is 0.779. The number of esters is 1. The number of nitrogens with zero attached hydrogens (tertiary/aromatic N) is 2. The van der Waals surface area contributed by atoms with Crippen LogP contribution in [0.15, 0.2) is 12.3 Å². The number of carbonyl (C=O) groups is 1. The van der Waals surface area contributed by atoms with Crippen LogP contribution in [0.4, 0.5) is 0 Å². The van der Waals surface area contributed by atoms with E-state index in [0.29, 0.717) is 12.3 Å². The number of aryl methyl sites for hydroxylation is 1. The lowest BCUT2D eigenvalue weighted by Gasteiger charge is -2.05. The van der Waals surface area contributed by atoms with Gasteiger partial charge >= 0.3 is 5.97 Å². The number of aromatic nitrogens is 2. The lowest BCUT2D eigenvalue weighted by Crippen LogP contribution is -2.13. The van der Waals surface area contributed by atoms with Gasteiger partial charge in [0.2, 0.25) is 0 Å². The van der Waals surface area contributed by atoms with Gasteiger partial charge in [0.05, 0.1) is 6.61 Å². The molecule has 0 amide bonds. The second kappa shape index (κ2) is 6.50. The van der Waals surface area contributed by atoms with Crippen molar-refractivity contribution in [3.8, 4) is 0 Å². The Morgan fingerprint density at radius 2 is 2.47 bits per heavy atom. The van der Waals surface area contributed by atoms with Crippen LogP contribution in [0.5, 0.6) is 0 Å². The minimum absolute atomic E-state index is 0.292. The van der Waals surface area contributed by atoms with E-state index >= 15 is 0 Å². The molecule has 84 valence electrons. The molecule has 0 aliphatic rings. The normalized spacial score (nSPS) is 10.3. The van der Waals surface area contributed by atoms with E-state index in [4.69, 9.17) is 4.74 Å². The minimum Gasteiger partial charge on any atom is -0.461 e. The Balaban J connectivity index is 2.56. The fourth-order valence-electron chi connectivity index (χ4n) is 1.25. The summed E-state index contributed by atoms with van der Waals surface area (Å²) in [5.41, 5.74) is 0.540. The van der Waals surface area contributed by atoms with Crippen molar-refractivity contribution in [1.29, 1.82) is 0 Å². The molecule has 0 fully saturated rings. The van der Waals surface area contributed by atoms with Crippen molar-refractivity contribution < 1.29 is 9.53 Å². The first-order valence-electron chi connectivity index (χ1n) is 4.97. The van der Waals surface area contributed by atoms with E-state index < -0.39 is 0 Å². The molecule has 0 aliphatic carbocycles. The molecule has 1 rings (SSSR count). The van der Waals surface area contributed by atoms with Gasteiger partial charge in [0.15, 0.2) is 0 Å². The maximum Gasteiger partial charge on any atom is 0.356 e. The first-order chi connectivity index (χ1) is 7.29. The van der Waals surface area contributed by atoms with Crippen LogP contribution < -0.4 is 0 Å². The molecule has 4 nitrogen and oxygen atoms in total. The van der Waals surface area contributed by atoms with Crippen molar-refractivity contribution in [2.75, 3.05) is 18.6 Å². The summed E-state index contributed by atoms with van der Waals surface area (Å²) in [6.45, 7) is 2.96. The molecule has 15 heavy (non-hydrogen) atoms. The third-order valence-electron chi connectivity index (χ3n) is 1.92. The van der Waals surface area contributed by atoms with Crippen LogP contribution in [0.2, 0.25) is 0 Å². The summed E-state index contributed by atoms with van der Waals surface area (Å²) in [5, 5.41) is 4.10. The molecule has 0 N–H and O–H groups in total. The van der Waals surface area contributed by atoms with Crippen molar-refractivity contribution in [2.24, 2.45) is 0 Å². The quantitative estimate of drug-likeness (QED) is 0.550. The summed E-state index contributed by atoms with van der Waals surface area (Å²) in [7, 11) is 0. The Morgan fingerprint density at radius 1 is 1.67 bits per heavy atom. The average molecular weight is 228 g/mol. The molecule has 0 atom stereocenters. The van der Waals surface area contributed by atoms with Crippen LogP contribution in [-0.4, -0.2) is 34.4 Å². The molecule has 0 bridgehead atoms. The number of carbonyl (C=O) groups excluding carboxylic acids is 1. The monoisotopic (exact) mass is 228 g/mol. The summed E-state index contributed by atoms with van der Waals surface area (Å²) >= 11 is 1.79. The Morgan fingerprint density at radius 3 is 3.13 bits per heavy atom. The van der Waals surface area contributed by atoms with Crippen LogP contribution >= 0.6 is 11.8 Å². The second-order valence-corrected chi connectivity index (χ2v) is 3.99. The van der Waals surface area contributed by atoms with Crippen LogP contribution in [-0.2, 0) is 11.3 Å².